The molecule has 1 aromatic heterocycles. The minimum absolute atomic E-state index is 0.107. The van der Waals surface area contributed by atoms with Gasteiger partial charge in [-0.3, -0.25) is 0 Å². The van der Waals surface area contributed by atoms with E-state index in [9.17, 15) is 4.39 Å². The number of hydrogen-bond acceptors (Lipinski definition) is 4. The molecule has 1 atom stereocenters. The summed E-state index contributed by atoms with van der Waals surface area (Å²) in [7, 11) is 0. The molecule has 0 amide bonds. The summed E-state index contributed by atoms with van der Waals surface area (Å²) in [4.78, 5) is 10.7. The maximum Gasteiger partial charge on any atom is 0.147 e. The normalized spacial score (nSPS) is 17.9. The summed E-state index contributed by atoms with van der Waals surface area (Å²) in [6, 6.07) is 11.2. The van der Waals surface area contributed by atoms with Crippen LogP contribution in [0.15, 0.2) is 47.2 Å². The van der Waals surface area contributed by atoms with Gasteiger partial charge in [0, 0.05) is 34.6 Å². The van der Waals surface area contributed by atoms with E-state index in [0.717, 1.165) is 46.0 Å². The largest absolute Gasteiger partial charge is 0.368 e. The van der Waals surface area contributed by atoms with Crippen molar-refractivity contribution in [1.29, 1.82) is 0 Å². The number of rotatable bonds is 2. The van der Waals surface area contributed by atoms with Crippen LogP contribution in [-0.2, 0) is 0 Å². The number of aromatic nitrogens is 2. The molecule has 4 nitrogen and oxygen atoms in total. The van der Waals surface area contributed by atoms with Crippen LogP contribution in [0.25, 0.3) is 22.2 Å². The van der Waals surface area contributed by atoms with E-state index in [4.69, 9.17) is 5.73 Å². The molecule has 1 fully saturated rings. The molecule has 0 radical (unpaired) electrons. The second-order valence-corrected chi connectivity index (χ2v) is 7.31. The summed E-state index contributed by atoms with van der Waals surface area (Å²) in [6.07, 6.45) is 3.51. The third-order valence-corrected chi connectivity index (χ3v) is 5.11. The van der Waals surface area contributed by atoms with Gasteiger partial charge >= 0.3 is 0 Å². The van der Waals surface area contributed by atoms with E-state index >= 15 is 0 Å². The van der Waals surface area contributed by atoms with Gasteiger partial charge in [0.05, 0.1) is 16.9 Å². The SMILES string of the molecule is N[C@@H]1CCCN(c2ccc(-c3ncnc4ccc(Br)cc34)cc2F)C1. The maximum atomic E-state index is 14.8. The molecule has 2 aromatic carbocycles. The van der Waals surface area contributed by atoms with Crippen LogP contribution >= 0.6 is 15.9 Å². The van der Waals surface area contributed by atoms with Crippen LogP contribution in [0.4, 0.5) is 10.1 Å². The van der Waals surface area contributed by atoms with Gasteiger partial charge in [-0.25, -0.2) is 14.4 Å². The molecule has 0 saturated carbocycles. The van der Waals surface area contributed by atoms with Crippen molar-refractivity contribution in [1.82, 2.24) is 9.97 Å². The van der Waals surface area contributed by atoms with Gasteiger partial charge < -0.3 is 10.6 Å². The smallest absolute Gasteiger partial charge is 0.147 e. The fourth-order valence-electron chi connectivity index (χ4n) is 3.40. The van der Waals surface area contributed by atoms with Crippen molar-refractivity contribution in [2.24, 2.45) is 5.73 Å². The van der Waals surface area contributed by atoms with Gasteiger partial charge in [0.2, 0.25) is 0 Å². The van der Waals surface area contributed by atoms with Gasteiger partial charge in [0.1, 0.15) is 12.1 Å². The lowest BCUT2D eigenvalue weighted by Gasteiger charge is -2.32. The van der Waals surface area contributed by atoms with Crippen molar-refractivity contribution in [3.05, 3.63) is 53.0 Å². The Morgan fingerprint density at radius 1 is 1.16 bits per heavy atom. The maximum absolute atomic E-state index is 14.8. The van der Waals surface area contributed by atoms with Gasteiger partial charge in [0.15, 0.2) is 0 Å². The average molecular weight is 401 g/mol. The Kier molecular flexibility index (Phi) is 4.39. The summed E-state index contributed by atoms with van der Waals surface area (Å²) < 4.78 is 15.7. The minimum Gasteiger partial charge on any atom is -0.368 e. The fourth-order valence-corrected chi connectivity index (χ4v) is 3.76. The van der Waals surface area contributed by atoms with E-state index in [2.05, 4.69) is 25.9 Å². The summed E-state index contributed by atoms with van der Waals surface area (Å²) in [5.41, 5.74) is 8.94. The highest BCUT2D eigenvalue weighted by Gasteiger charge is 2.20. The molecule has 1 aliphatic heterocycles. The van der Waals surface area contributed by atoms with Crippen LogP contribution in [0.1, 0.15) is 12.8 Å². The Bertz CT molecular complexity index is 930. The summed E-state index contributed by atoms with van der Waals surface area (Å²) in [6.45, 7) is 1.53. The molecule has 2 N–H and O–H groups in total. The van der Waals surface area contributed by atoms with Crippen molar-refractivity contribution < 1.29 is 4.39 Å². The number of nitrogens with zero attached hydrogens (tertiary/aromatic N) is 3. The topological polar surface area (TPSA) is 55.0 Å². The molecule has 0 bridgehead atoms. The molecule has 3 aromatic rings. The lowest BCUT2D eigenvalue weighted by atomic mass is 10.0. The molecule has 25 heavy (non-hydrogen) atoms. The summed E-state index contributed by atoms with van der Waals surface area (Å²) >= 11 is 3.47. The number of nitrogens with two attached hydrogens (primary N) is 1. The molecule has 1 aliphatic rings. The molecule has 0 aliphatic carbocycles. The highest BCUT2D eigenvalue weighted by molar-refractivity contribution is 9.10. The number of anilines is 1. The van der Waals surface area contributed by atoms with Gasteiger partial charge in [-0.15, -0.1) is 0 Å². The molecule has 2 heterocycles. The number of halogens is 2. The molecule has 0 spiro atoms. The first-order chi connectivity index (χ1) is 12.1. The Morgan fingerprint density at radius 3 is 2.84 bits per heavy atom. The Balaban J connectivity index is 1.75. The van der Waals surface area contributed by atoms with Crippen molar-refractivity contribution >= 4 is 32.5 Å². The lowest BCUT2D eigenvalue weighted by molar-refractivity contribution is 0.498. The predicted octanol–water partition coefficient (Wildman–Crippen LogP) is 4.13. The Labute approximate surface area is 154 Å². The lowest BCUT2D eigenvalue weighted by Crippen LogP contribution is -2.43. The highest BCUT2D eigenvalue weighted by Crippen LogP contribution is 2.31. The fraction of sp³-hybridized carbons (Fsp3) is 0.263. The van der Waals surface area contributed by atoms with E-state index in [0.29, 0.717) is 12.2 Å². The highest BCUT2D eigenvalue weighted by atomic mass is 79.9. The zero-order chi connectivity index (χ0) is 17.4. The van der Waals surface area contributed by atoms with E-state index < -0.39 is 0 Å². The first kappa shape index (κ1) is 16.4. The Morgan fingerprint density at radius 2 is 2.04 bits per heavy atom. The number of fused-ring (bicyclic) bond motifs is 1. The zero-order valence-corrected chi connectivity index (χ0v) is 15.2. The van der Waals surface area contributed by atoms with E-state index in [1.54, 1.807) is 6.07 Å². The third kappa shape index (κ3) is 3.24. The van der Waals surface area contributed by atoms with Crippen LogP contribution in [0.2, 0.25) is 0 Å². The van der Waals surface area contributed by atoms with Crippen LogP contribution in [0.3, 0.4) is 0 Å². The zero-order valence-electron chi connectivity index (χ0n) is 13.6. The second-order valence-electron chi connectivity index (χ2n) is 6.40. The molecule has 1 saturated heterocycles. The van der Waals surface area contributed by atoms with Crippen LogP contribution < -0.4 is 10.6 Å². The van der Waals surface area contributed by atoms with Gasteiger partial charge in [-0.2, -0.15) is 0 Å². The number of hydrogen-bond donors (Lipinski definition) is 1. The van der Waals surface area contributed by atoms with E-state index in [-0.39, 0.29) is 11.9 Å². The quantitative estimate of drug-likeness (QED) is 0.702. The van der Waals surface area contributed by atoms with Crippen molar-refractivity contribution in [2.75, 3.05) is 18.0 Å². The van der Waals surface area contributed by atoms with Crippen LogP contribution in [0, 0.1) is 5.82 Å². The van der Waals surface area contributed by atoms with Crippen molar-refractivity contribution in [2.45, 2.75) is 18.9 Å². The molecule has 128 valence electrons. The molecular formula is C19H18BrFN4. The molecule has 4 rings (SSSR count). The van der Waals surface area contributed by atoms with Gasteiger partial charge in [-0.1, -0.05) is 22.0 Å². The summed E-state index contributed by atoms with van der Waals surface area (Å²) in [5, 5.41) is 0.893. The molecule has 6 heteroatoms. The number of benzene rings is 2. The molecule has 0 unspecified atom stereocenters. The number of piperidine rings is 1. The van der Waals surface area contributed by atoms with Crippen LogP contribution in [-0.4, -0.2) is 29.1 Å². The van der Waals surface area contributed by atoms with Crippen LogP contribution in [0.5, 0.6) is 0 Å². The first-order valence-electron chi connectivity index (χ1n) is 8.32. The van der Waals surface area contributed by atoms with E-state index in [1.165, 1.54) is 6.33 Å². The standard InChI is InChI=1S/C19H18BrFN4/c20-13-4-5-17-15(9-13)19(24-11-23-17)12-3-6-18(16(21)8-12)25-7-1-2-14(22)10-25/h3-6,8-9,11,14H,1-2,7,10,22H2/t14-/m1/s1. The monoisotopic (exact) mass is 400 g/mol. The Hall–Kier alpha value is -2.05. The first-order valence-corrected chi connectivity index (χ1v) is 9.12. The average Bonchev–Trinajstić information content (AvgIpc) is 2.61. The second kappa shape index (κ2) is 6.69. The summed E-state index contributed by atoms with van der Waals surface area (Å²) in [5.74, 6) is -0.242. The van der Waals surface area contributed by atoms with Gasteiger partial charge in [-0.05, 0) is 43.2 Å². The van der Waals surface area contributed by atoms with Crippen molar-refractivity contribution in [3.63, 3.8) is 0 Å². The predicted molar refractivity (Wildman–Crippen MR) is 102 cm³/mol. The van der Waals surface area contributed by atoms with Crippen molar-refractivity contribution in [3.8, 4) is 11.3 Å². The van der Waals surface area contributed by atoms with Gasteiger partial charge in [0.25, 0.3) is 0 Å². The molecular weight excluding hydrogens is 383 g/mol. The third-order valence-electron chi connectivity index (χ3n) is 4.62. The minimum atomic E-state index is -0.242. The van der Waals surface area contributed by atoms with E-state index in [1.807, 2.05) is 35.2 Å².